The molecular weight excluding hydrogens is 320 g/mol. The molecular formula is C24H44O2. The van der Waals surface area contributed by atoms with Crippen molar-refractivity contribution in [2.75, 3.05) is 0 Å². The molecule has 0 amide bonds. The zero-order valence-electron chi connectivity index (χ0n) is 17.4. The van der Waals surface area contributed by atoms with E-state index in [1.54, 1.807) is 0 Å². The predicted molar refractivity (Wildman–Crippen MR) is 112 cm³/mol. The summed E-state index contributed by atoms with van der Waals surface area (Å²) in [6, 6.07) is 0. The summed E-state index contributed by atoms with van der Waals surface area (Å²) in [7, 11) is 0. The molecule has 0 heterocycles. The van der Waals surface area contributed by atoms with Crippen molar-refractivity contribution in [3.63, 3.8) is 0 Å². The Hall–Kier alpha value is -0.660. The highest BCUT2D eigenvalue weighted by molar-refractivity contribution is 5.78. The fourth-order valence-electron chi connectivity index (χ4n) is 4.01. The monoisotopic (exact) mass is 364 g/mol. The molecule has 0 aromatic heterocycles. The van der Waals surface area contributed by atoms with Crippen molar-refractivity contribution >= 4 is 11.6 Å². The van der Waals surface area contributed by atoms with E-state index >= 15 is 0 Å². The highest BCUT2D eigenvalue weighted by Crippen LogP contribution is 2.15. The number of carbonyl (C=O) groups excluding carboxylic acids is 2. The Morgan fingerprint density at radius 2 is 0.423 bits per heavy atom. The van der Waals surface area contributed by atoms with E-state index in [0.29, 0.717) is 11.6 Å². The number of hydrogen-bond acceptors (Lipinski definition) is 2. The number of Topliss-reactive ketones (excluding diaryl/α,β-unsaturated/α-hetero) is 2. The molecule has 2 nitrogen and oxygen atoms in total. The Morgan fingerprint density at radius 3 is 0.615 bits per heavy atom. The zero-order valence-corrected chi connectivity index (χ0v) is 17.4. The topological polar surface area (TPSA) is 34.1 Å². The third-order valence-electron chi connectivity index (χ3n) is 5.82. The van der Waals surface area contributed by atoms with Crippen LogP contribution in [-0.2, 0) is 9.59 Å². The minimum absolute atomic E-state index is 0.494. The molecule has 1 aliphatic carbocycles. The molecule has 1 saturated carbocycles. The third kappa shape index (κ3) is 15.6. The minimum Gasteiger partial charge on any atom is -0.300 e. The van der Waals surface area contributed by atoms with Gasteiger partial charge in [-0.25, -0.2) is 0 Å². The Morgan fingerprint density at radius 1 is 0.269 bits per heavy atom. The van der Waals surface area contributed by atoms with Gasteiger partial charge in [-0.2, -0.15) is 0 Å². The molecule has 0 atom stereocenters. The van der Waals surface area contributed by atoms with Crippen LogP contribution in [0.2, 0.25) is 0 Å². The molecule has 0 aliphatic heterocycles. The van der Waals surface area contributed by atoms with Crippen LogP contribution in [0.4, 0.5) is 0 Å². The molecule has 0 unspecified atom stereocenters. The zero-order chi connectivity index (χ0) is 18.7. The van der Waals surface area contributed by atoms with E-state index in [0.717, 1.165) is 51.4 Å². The molecule has 0 saturated heterocycles. The number of ketones is 2. The maximum atomic E-state index is 11.9. The largest absolute Gasteiger partial charge is 0.300 e. The lowest BCUT2D eigenvalue weighted by Crippen LogP contribution is -1.98. The van der Waals surface area contributed by atoms with Crippen LogP contribution in [0, 0.1) is 0 Å². The smallest absolute Gasteiger partial charge is 0.132 e. The fourth-order valence-corrected chi connectivity index (χ4v) is 4.01. The van der Waals surface area contributed by atoms with Crippen molar-refractivity contribution in [3.8, 4) is 0 Å². The van der Waals surface area contributed by atoms with Gasteiger partial charge in [0.05, 0.1) is 0 Å². The van der Waals surface area contributed by atoms with Gasteiger partial charge in [-0.05, 0) is 25.7 Å². The van der Waals surface area contributed by atoms with Crippen LogP contribution < -0.4 is 0 Å². The Kier molecular flexibility index (Phi) is 16.0. The maximum absolute atomic E-state index is 11.9. The van der Waals surface area contributed by atoms with Gasteiger partial charge in [0, 0.05) is 25.7 Å². The van der Waals surface area contributed by atoms with Gasteiger partial charge in [0.2, 0.25) is 0 Å². The fraction of sp³-hybridized carbons (Fsp3) is 0.917. The van der Waals surface area contributed by atoms with Gasteiger partial charge in [-0.1, -0.05) is 89.9 Å². The quantitative estimate of drug-likeness (QED) is 0.441. The summed E-state index contributed by atoms with van der Waals surface area (Å²) in [5.74, 6) is 0.989. The summed E-state index contributed by atoms with van der Waals surface area (Å²) in [5, 5.41) is 0. The van der Waals surface area contributed by atoms with Crippen molar-refractivity contribution in [1.82, 2.24) is 0 Å². The second kappa shape index (κ2) is 17.7. The van der Waals surface area contributed by atoms with Crippen molar-refractivity contribution in [2.45, 2.75) is 141 Å². The first-order valence-corrected chi connectivity index (χ1v) is 11.8. The summed E-state index contributed by atoms with van der Waals surface area (Å²) < 4.78 is 0. The van der Waals surface area contributed by atoms with Gasteiger partial charge in [-0.3, -0.25) is 9.59 Å². The lowest BCUT2D eigenvalue weighted by atomic mass is 10.0. The van der Waals surface area contributed by atoms with Crippen LogP contribution in [0.1, 0.15) is 141 Å². The normalized spacial score (nSPS) is 23.2. The first-order chi connectivity index (χ1) is 12.8. The number of carbonyl (C=O) groups is 2. The van der Waals surface area contributed by atoms with E-state index in [1.807, 2.05) is 0 Å². The summed E-state index contributed by atoms with van der Waals surface area (Å²) in [4.78, 5) is 23.8. The van der Waals surface area contributed by atoms with Crippen molar-refractivity contribution < 1.29 is 9.59 Å². The lowest BCUT2D eigenvalue weighted by molar-refractivity contribution is -0.120. The van der Waals surface area contributed by atoms with Crippen molar-refractivity contribution in [1.29, 1.82) is 0 Å². The average Bonchev–Trinajstić information content (AvgIpc) is 2.63. The van der Waals surface area contributed by atoms with Gasteiger partial charge in [0.15, 0.2) is 0 Å². The van der Waals surface area contributed by atoms with Gasteiger partial charge in [0.1, 0.15) is 11.6 Å². The summed E-state index contributed by atoms with van der Waals surface area (Å²) in [6.45, 7) is 0. The van der Waals surface area contributed by atoms with Crippen LogP contribution in [0.25, 0.3) is 0 Å². The van der Waals surface area contributed by atoms with E-state index in [4.69, 9.17) is 0 Å². The molecule has 26 heavy (non-hydrogen) atoms. The molecule has 0 aromatic rings. The highest BCUT2D eigenvalue weighted by Gasteiger charge is 2.04. The van der Waals surface area contributed by atoms with Crippen LogP contribution in [-0.4, -0.2) is 11.6 Å². The average molecular weight is 365 g/mol. The Bertz CT molecular complexity index is 286. The van der Waals surface area contributed by atoms with Crippen LogP contribution >= 0.6 is 0 Å². The molecule has 0 aromatic carbocycles. The van der Waals surface area contributed by atoms with Gasteiger partial charge >= 0.3 is 0 Å². The van der Waals surface area contributed by atoms with E-state index in [1.165, 1.54) is 89.9 Å². The molecule has 0 N–H and O–H groups in total. The Labute approximate surface area is 162 Å². The molecule has 1 fully saturated rings. The first kappa shape index (κ1) is 23.4. The second-order valence-electron chi connectivity index (χ2n) is 8.44. The molecule has 0 radical (unpaired) electrons. The lowest BCUT2D eigenvalue weighted by Gasteiger charge is -2.05. The molecule has 1 rings (SSSR count). The third-order valence-corrected chi connectivity index (χ3v) is 5.82. The molecule has 2 heteroatoms. The molecule has 0 spiro atoms. The van der Waals surface area contributed by atoms with Gasteiger partial charge < -0.3 is 0 Å². The van der Waals surface area contributed by atoms with E-state index in [9.17, 15) is 9.59 Å². The SMILES string of the molecule is O=C1CCCCCCCCCCCC(=O)CCCCCCCCCCC1. The standard InChI is InChI=1S/C24H44O2/c25-23-19-15-11-7-3-1-4-8-12-16-20-24(26)22-18-14-10-6-2-5-9-13-17-21-23/h1-22H2. The van der Waals surface area contributed by atoms with Crippen LogP contribution in [0.5, 0.6) is 0 Å². The van der Waals surface area contributed by atoms with Crippen LogP contribution in [0.15, 0.2) is 0 Å². The molecule has 152 valence electrons. The van der Waals surface area contributed by atoms with Gasteiger partial charge in [0.25, 0.3) is 0 Å². The summed E-state index contributed by atoms with van der Waals surface area (Å²) >= 11 is 0. The van der Waals surface area contributed by atoms with Crippen molar-refractivity contribution in [2.24, 2.45) is 0 Å². The van der Waals surface area contributed by atoms with E-state index in [-0.39, 0.29) is 0 Å². The van der Waals surface area contributed by atoms with E-state index < -0.39 is 0 Å². The van der Waals surface area contributed by atoms with Crippen LogP contribution in [0.3, 0.4) is 0 Å². The number of hydrogen-bond donors (Lipinski definition) is 0. The summed E-state index contributed by atoms with van der Waals surface area (Å²) in [5.41, 5.74) is 0. The van der Waals surface area contributed by atoms with E-state index in [2.05, 4.69) is 0 Å². The minimum atomic E-state index is 0.494. The maximum Gasteiger partial charge on any atom is 0.132 e. The summed E-state index contributed by atoms with van der Waals surface area (Å²) in [6.07, 6.45) is 25.6. The van der Waals surface area contributed by atoms with Gasteiger partial charge in [-0.15, -0.1) is 0 Å². The first-order valence-electron chi connectivity index (χ1n) is 11.8. The van der Waals surface area contributed by atoms with Crippen molar-refractivity contribution in [3.05, 3.63) is 0 Å². The Balaban J connectivity index is 2.15. The highest BCUT2D eigenvalue weighted by atomic mass is 16.1. The predicted octanol–water partition coefficient (Wildman–Crippen LogP) is 7.72. The molecule has 0 bridgehead atoms. The molecule has 1 aliphatic rings. The second-order valence-corrected chi connectivity index (χ2v) is 8.44. The number of rotatable bonds is 0.